The summed E-state index contributed by atoms with van der Waals surface area (Å²) in [5, 5.41) is 0. The maximum Gasteiger partial charge on any atom is 0.306 e. The van der Waals surface area contributed by atoms with Gasteiger partial charge in [0.15, 0.2) is 0 Å². The molecule has 0 saturated heterocycles. The van der Waals surface area contributed by atoms with Crippen molar-refractivity contribution in [2.75, 3.05) is 13.7 Å². The second kappa shape index (κ2) is 4.53. The van der Waals surface area contributed by atoms with E-state index in [0.717, 1.165) is 0 Å². The third kappa shape index (κ3) is 7.57. The number of ether oxygens (including phenoxy) is 1. The van der Waals surface area contributed by atoms with Gasteiger partial charge in [-0.05, 0) is 0 Å². The van der Waals surface area contributed by atoms with Crippen molar-refractivity contribution in [1.29, 1.82) is 0 Å². The summed E-state index contributed by atoms with van der Waals surface area (Å²) in [4.78, 5) is 10.4. The molecule has 0 aromatic carbocycles. The van der Waals surface area contributed by atoms with E-state index in [-0.39, 0.29) is 13.0 Å². The molecule has 11 heavy (non-hydrogen) atoms. The molecule has 0 saturated carbocycles. The topological polar surface area (TPSA) is 72.5 Å². The predicted octanol–water partition coefficient (Wildman–Crippen LogP) is -0.377. The summed E-state index contributed by atoms with van der Waals surface area (Å²) in [5.74, 6) is -0.488. The molecule has 0 spiro atoms. The molecule has 0 rings (SSSR count). The van der Waals surface area contributed by atoms with E-state index in [4.69, 9.17) is 10.7 Å². The minimum Gasteiger partial charge on any atom is -0.469 e. The Balaban J connectivity index is 3.51. The van der Waals surface area contributed by atoms with Crippen molar-refractivity contribution >= 4 is 25.9 Å². The number of carbonyl (C=O) groups is 1. The Labute approximate surface area is 69.2 Å². The first-order valence-electron chi connectivity index (χ1n) is 2.72. The summed E-state index contributed by atoms with van der Waals surface area (Å²) in [6.45, 7) is -0.0431. The van der Waals surface area contributed by atoms with Gasteiger partial charge in [-0.25, -0.2) is 4.72 Å². The fourth-order valence-electron chi connectivity index (χ4n) is 0.377. The molecule has 0 heterocycles. The van der Waals surface area contributed by atoms with Crippen molar-refractivity contribution in [2.45, 2.75) is 6.42 Å². The third-order valence-electron chi connectivity index (χ3n) is 0.831. The molecule has 0 amide bonds. The van der Waals surface area contributed by atoms with E-state index in [2.05, 4.69) is 4.74 Å². The first-order valence-corrected chi connectivity index (χ1v) is 5.02. The summed E-state index contributed by atoms with van der Waals surface area (Å²) >= 11 is 0. The van der Waals surface area contributed by atoms with Crippen LogP contribution in [0.1, 0.15) is 6.42 Å². The van der Waals surface area contributed by atoms with Crippen LogP contribution < -0.4 is 4.72 Å². The Morgan fingerprint density at radius 2 is 2.18 bits per heavy atom. The number of methoxy groups -OCH3 is 1. The van der Waals surface area contributed by atoms with Crippen LogP contribution in [0, 0.1) is 0 Å². The van der Waals surface area contributed by atoms with Crippen LogP contribution >= 0.6 is 10.7 Å². The average molecular weight is 202 g/mol. The Kier molecular flexibility index (Phi) is 4.39. The highest BCUT2D eigenvalue weighted by Crippen LogP contribution is 1.90. The second-order valence-corrected chi connectivity index (χ2v) is 4.04. The van der Waals surface area contributed by atoms with E-state index in [9.17, 15) is 13.2 Å². The van der Waals surface area contributed by atoms with Gasteiger partial charge in [0.05, 0.1) is 13.5 Å². The summed E-state index contributed by atoms with van der Waals surface area (Å²) in [5.41, 5.74) is 0. The lowest BCUT2D eigenvalue weighted by Gasteiger charge is -1.98. The molecule has 1 N–H and O–H groups in total. The van der Waals surface area contributed by atoms with E-state index < -0.39 is 15.2 Å². The first kappa shape index (κ1) is 10.7. The minimum absolute atomic E-state index is 0.0253. The zero-order valence-corrected chi connectivity index (χ0v) is 7.41. The summed E-state index contributed by atoms with van der Waals surface area (Å²) < 4.78 is 26.6. The van der Waals surface area contributed by atoms with Crippen molar-refractivity contribution in [1.82, 2.24) is 4.72 Å². The smallest absolute Gasteiger partial charge is 0.306 e. The van der Waals surface area contributed by atoms with Crippen LogP contribution in [-0.2, 0) is 18.8 Å². The Morgan fingerprint density at radius 1 is 1.64 bits per heavy atom. The van der Waals surface area contributed by atoms with E-state index in [0.29, 0.717) is 0 Å². The summed E-state index contributed by atoms with van der Waals surface area (Å²) in [6, 6.07) is 0. The summed E-state index contributed by atoms with van der Waals surface area (Å²) in [7, 11) is 2.28. The van der Waals surface area contributed by atoms with Crippen LogP contribution in [0.5, 0.6) is 0 Å². The molecular weight excluding hydrogens is 194 g/mol. The Morgan fingerprint density at radius 3 is 2.55 bits per heavy atom. The van der Waals surface area contributed by atoms with Crippen molar-refractivity contribution in [3.05, 3.63) is 0 Å². The molecule has 0 aromatic heterocycles. The fraction of sp³-hybridized carbons (Fsp3) is 0.750. The van der Waals surface area contributed by atoms with Crippen LogP contribution in [0.4, 0.5) is 0 Å². The molecule has 0 fully saturated rings. The normalized spacial score (nSPS) is 11.1. The Bertz CT molecular complexity index is 224. The van der Waals surface area contributed by atoms with Gasteiger partial charge in [-0.1, -0.05) is 0 Å². The molecule has 0 radical (unpaired) electrons. The van der Waals surface area contributed by atoms with Crippen molar-refractivity contribution in [3.8, 4) is 0 Å². The molecule has 0 aliphatic rings. The van der Waals surface area contributed by atoms with Gasteiger partial charge >= 0.3 is 5.97 Å². The predicted molar refractivity (Wildman–Crippen MR) is 39.4 cm³/mol. The highest BCUT2D eigenvalue weighted by atomic mass is 35.7. The van der Waals surface area contributed by atoms with Gasteiger partial charge in [-0.15, -0.1) is 0 Å². The van der Waals surface area contributed by atoms with E-state index in [1.165, 1.54) is 7.11 Å². The van der Waals surface area contributed by atoms with Gasteiger partial charge in [0.1, 0.15) is 0 Å². The number of carbonyl (C=O) groups excluding carboxylic acids is 1. The fourth-order valence-corrected chi connectivity index (χ4v) is 0.954. The van der Waals surface area contributed by atoms with Crippen LogP contribution in [0.3, 0.4) is 0 Å². The average Bonchev–Trinajstić information content (AvgIpc) is 1.85. The molecule has 0 aliphatic heterocycles. The lowest BCUT2D eigenvalue weighted by Crippen LogP contribution is -2.21. The summed E-state index contributed by atoms with van der Waals surface area (Å²) in [6.07, 6.45) is -0.0253. The zero-order chi connectivity index (χ0) is 8.91. The molecule has 0 aromatic rings. The SMILES string of the molecule is COC(=O)CCNS(=O)(=O)Cl. The van der Waals surface area contributed by atoms with Crippen LogP contribution in [0.2, 0.25) is 0 Å². The van der Waals surface area contributed by atoms with Crippen molar-refractivity contribution < 1.29 is 17.9 Å². The van der Waals surface area contributed by atoms with Gasteiger partial charge in [-0.2, -0.15) is 8.42 Å². The van der Waals surface area contributed by atoms with Gasteiger partial charge < -0.3 is 4.74 Å². The largest absolute Gasteiger partial charge is 0.469 e. The highest BCUT2D eigenvalue weighted by Gasteiger charge is 2.05. The second-order valence-electron chi connectivity index (χ2n) is 1.66. The molecule has 0 bridgehead atoms. The van der Waals surface area contributed by atoms with Crippen LogP contribution in [0.25, 0.3) is 0 Å². The molecule has 7 heteroatoms. The van der Waals surface area contributed by atoms with Gasteiger partial charge in [-0.3, -0.25) is 4.79 Å². The van der Waals surface area contributed by atoms with Gasteiger partial charge in [0.25, 0.3) is 9.24 Å². The van der Waals surface area contributed by atoms with Crippen LogP contribution in [0.15, 0.2) is 0 Å². The van der Waals surface area contributed by atoms with E-state index >= 15 is 0 Å². The first-order chi connectivity index (χ1) is 4.95. The lowest BCUT2D eigenvalue weighted by molar-refractivity contribution is -0.140. The Hall–Kier alpha value is -0.330. The molecule has 0 aliphatic carbocycles. The van der Waals surface area contributed by atoms with Crippen LogP contribution in [-0.4, -0.2) is 28.0 Å². The molecular formula is C4H8ClNO4S. The standard InChI is InChI=1S/C4H8ClNO4S/c1-10-4(7)2-3-6-11(5,8)9/h6H,2-3H2,1H3. The van der Waals surface area contributed by atoms with E-state index in [1.54, 1.807) is 0 Å². The van der Waals surface area contributed by atoms with E-state index in [1.807, 2.05) is 4.72 Å². The third-order valence-corrected chi connectivity index (χ3v) is 1.71. The lowest BCUT2D eigenvalue weighted by atomic mass is 10.4. The highest BCUT2D eigenvalue weighted by molar-refractivity contribution is 8.12. The molecule has 0 atom stereocenters. The van der Waals surface area contributed by atoms with Gasteiger partial charge in [0, 0.05) is 17.2 Å². The minimum atomic E-state index is -3.71. The number of hydrogen-bond acceptors (Lipinski definition) is 4. The molecule has 66 valence electrons. The van der Waals surface area contributed by atoms with Crippen molar-refractivity contribution in [3.63, 3.8) is 0 Å². The number of nitrogens with one attached hydrogen (secondary N) is 1. The number of rotatable bonds is 4. The quantitative estimate of drug-likeness (QED) is 0.497. The monoisotopic (exact) mass is 201 g/mol. The maximum atomic E-state index is 10.4. The van der Waals surface area contributed by atoms with Crippen molar-refractivity contribution in [2.24, 2.45) is 0 Å². The number of esters is 1. The maximum absolute atomic E-state index is 10.4. The number of halogens is 1. The van der Waals surface area contributed by atoms with Gasteiger partial charge in [0.2, 0.25) is 0 Å². The molecule has 0 unspecified atom stereocenters. The number of hydrogen-bond donors (Lipinski definition) is 1. The zero-order valence-electron chi connectivity index (χ0n) is 5.83. The molecule has 5 nitrogen and oxygen atoms in total.